The lowest BCUT2D eigenvalue weighted by Gasteiger charge is -2.17. The summed E-state index contributed by atoms with van der Waals surface area (Å²) in [6.07, 6.45) is 1.69. The Bertz CT molecular complexity index is 573. The van der Waals surface area contributed by atoms with Gasteiger partial charge in [0.25, 0.3) is 0 Å². The van der Waals surface area contributed by atoms with Gasteiger partial charge >= 0.3 is 0 Å². The number of nitrogens with zero attached hydrogens (tertiary/aromatic N) is 1. The summed E-state index contributed by atoms with van der Waals surface area (Å²) in [4.78, 5) is -0.0979. The molecule has 0 radical (unpaired) electrons. The van der Waals surface area contributed by atoms with Crippen LogP contribution in [0.25, 0.3) is 0 Å². The van der Waals surface area contributed by atoms with Gasteiger partial charge in [-0.1, -0.05) is 11.6 Å². The zero-order chi connectivity index (χ0) is 13.5. The SMILES string of the molecule is CN(C1CC1)S(=O)(=O)c1cc(F)c(Cl)c(CN)c1. The average molecular weight is 293 g/mol. The van der Waals surface area contributed by atoms with E-state index in [1.807, 2.05) is 0 Å². The van der Waals surface area contributed by atoms with E-state index in [9.17, 15) is 12.8 Å². The van der Waals surface area contributed by atoms with E-state index in [0.29, 0.717) is 5.56 Å². The Hall–Kier alpha value is -0.690. The molecule has 0 heterocycles. The zero-order valence-electron chi connectivity index (χ0n) is 9.86. The summed E-state index contributed by atoms with van der Waals surface area (Å²) in [7, 11) is -2.17. The summed E-state index contributed by atoms with van der Waals surface area (Å²) in [5.41, 5.74) is 5.71. The molecule has 4 nitrogen and oxygen atoms in total. The first-order chi connectivity index (χ1) is 8.37. The lowest BCUT2D eigenvalue weighted by molar-refractivity contribution is 0.463. The molecule has 1 saturated carbocycles. The van der Waals surface area contributed by atoms with Crippen LogP contribution in [0.2, 0.25) is 5.02 Å². The van der Waals surface area contributed by atoms with E-state index in [1.165, 1.54) is 17.4 Å². The van der Waals surface area contributed by atoms with Crippen LogP contribution in [0, 0.1) is 5.82 Å². The minimum atomic E-state index is -3.67. The third-order valence-corrected chi connectivity index (χ3v) is 5.35. The van der Waals surface area contributed by atoms with Crippen LogP contribution in [0.3, 0.4) is 0 Å². The molecule has 0 spiro atoms. The Morgan fingerprint density at radius 2 is 2.11 bits per heavy atom. The third kappa shape index (κ3) is 2.38. The van der Waals surface area contributed by atoms with Crippen molar-refractivity contribution in [3.8, 4) is 0 Å². The summed E-state index contributed by atoms with van der Waals surface area (Å²) in [6, 6.07) is 2.30. The molecule has 1 aromatic carbocycles. The second kappa shape index (κ2) is 4.77. The second-order valence-corrected chi connectivity index (χ2v) is 6.71. The van der Waals surface area contributed by atoms with Gasteiger partial charge in [0.15, 0.2) is 0 Å². The fraction of sp³-hybridized carbons (Fsp3) is 0.455. The number of halogens is 2. The Morgan fingerprint density at radius 1 is 1.50 bits per heavy atom. The highest BCUT2D eigenvalue weighted by Gasteiger charge is 2.35. The number of benzene rings is 1. The van der Waals surface area contributed by atoms with Crippen LogP contribution in [0.5, 0.6) is 0 Å². The van der Waals surface area contributed by atoms with Crippen molar-refractivity contribution in [1.82, 2.24) is 4.31 Å². The van der Waals surface area contributed by atoms with Crippen molar-refractivity contribution in [2.24, 2.45) is 5.73 Å². The lowest BCUT2D eigenvalue weighted by Crippen LogP contribution is -2.29. The first-order valence-electron chi connectivity index (χ1n) is 5.54. The van der Waals surface area contributed by atoms with E-state index in [1.54, 1.807) is 0 Å². The molecule has 1 fully saturated rings. The number of hydrogen-bond donors (Lipinski definition) is 1. The lowest BCUT2D eigenvalue weighted by atomic mass is 10.2. The standard InChI is InChI=1S/C11H14ClFN2O2S/c1-15(8-2-3-8)18(16,17)9-4-7(6-14)11(12)10(13)5-9/h4-5,8H,2-3,6,14H2,1H3. The van der Waals surface area contributed by atoms with Gasteiger partial charge in [-0.15, -0.1) is 0 Å². The van der Waals surface area contributed by atoms with Crippen molar-refractivity contribution in [3.05, 3.63) is 28.5 Å². The van der Waals surface area contributed by atoms with E-state index in [4.69, 9.17) is 17.3 Å². The Morgan fingerprint density at radius 3 is 2.61 bits per heavy atom. The highest BCUT2D eigenvalue weighted by atomic mass is 35.5. The Labute approximate surface area is 111 Å². The molecule has 0 atom stereocenters. The number of sulfonamides is 1. The van der Waals surface area contributed by atoms with Gasteiger partial charge in [0.05, 0.1) is 9.92 Å². The fourth-order valence-electron chi connectivity index (χ4n) is 1.72. The van der Waals surface area contributed by atoms with Crippen molar-refractivity contribution in [3.63, 3.8) is 0 Å². The molecule has 1 aliphatic rings. The minimum absolute atomic E-state index is 0.00768. The van der Waals surface area contributed by atoms with Gasteiger partial charge in [-0.05, 0) is 30.5 Å². The molecule has 18 heavy (non-hydrogen) atoms. The van der Waals surface area contributed by atoms with Crippen LogP contribution in [-0.2, 0) is 16.6 Å². The van der Waals surface area contributed by atoms with E-state index in [2.05, 4.69) is 0 Å². The van der Waals surface area contributed by atoms with Gasteiger partial charge in [-0.3, -0.25) is 0 Å². The molecule has 0 amide bonds. The van der Waals surface area contributed by atoms with Crippen LogP contribution < -0.4 is 5.73 Å². The van der Waals surface area contributed by atoms with Crippen LogP contribution in [0.1, 0.15) is 18.4 Å². The van der Waals surface area contributed by atoms with E-state index in [-0.39, 0.29) is 22.5 Å². The Kier molecular flexibility index (Phi) is 3.64. The molecule has 0 unspecified atom stereocenters. The summed E-state index contributed by atoms with van der Waals surface area (Å²) in [5.74, 6) is -0.762. The van der Waals surface area contributed by atoms with E-state index < -0.39 is 15.8 Å². The van der Waals surface area contributed by atoms with Crippen molar-refractivity contribution < 1.29 is 12.8 Å². The largest absolute Gasteiger partial charge is 0.326 e. The van der Waals surface area contributed by atoms with E-state index in [0.717, 1.165) is 18.9 Å². The Balaban J connectivity index is 2.47. The predicted octanol–water partition coefficient (Wildman–Crippen LogP) is 1.72. The molecule has 2 rings (SSSR count). The molecule has 100 valence electrons. The van der Waals surface area contributed by atoms with Crippen molar-refractivity contribution >= 4 is 21.6 Å². The molecule has 7 heteroatoms. The summed E-state index contributed by atoms with van der Waals surface area (Å²) >= 11 is 5.71. The fourth-order valence-corrected chi connectivity index (χ4v) is 3.38. The molecule has 0 bridgehead atoms. The second-order valence-electron chi connectivity index (χ2n) is 4.33. The van der Waals surface area contributed by atoms with Gasteiger partial charge in [0.2, 0.25) is 10.0 Å². The first-order valence-corrected chi connectivity index (χ1v) is 7.35. The van der Waals surface area contributed by atoms with Gasteiger partial charge < -0.3 is 5.73 Å². The van der Waals surface area contributed by atoms with Crippen LogP contribution in [-0.4, -0.2) is 25.8 Å². The highest BCUT2D eigenvalue weighted by Crippen LogP contribution is 2.32. The molecule has 1 aliphatic carbocycles. The van der Waals surface area contributed by atoms with Crippen molar-refractivity contribution in [2.45, 2.75) is 30.3 Å². The smallest absolute Gasteiger partial charge is 0.243 e. The quantitative estimate of drug-likeness (QED) is 0.919. The third-order valence-electron chi connectivity index (χ3n) is 3.04. The maximum absolute atomic E-state index is 13.6. The first kappa shape index (κ1) is 13.7. The normalized spacial score (nSPS) is 16.3. The van der Waals surface area contributed by atoms with Gasteiger partial charge in [-0.25, -0.2) is 12.8 Å². The predicted molar refractivity (Wildman–Crippen MR) is 67.3 cm³/mol. The topological polar surface area (TPSA) is 63.4 Å². The van der Waals surface area contributed by atoms with Crippen LogP contribution in [0.15, 0.2) is 17.0 Å². The van der Waals surface area contributed by atoms with Crippen LogP contribution in [0.4, 0.5) is 4.39 Å². The molecule has 1 aromatic rings. The zero-order valence-corrected chi connectivity index (χ0v) is 11.4. The molecule has 0 aliphatic heterocycles. The summed E-state index contributed by atoms with van der Waals surface area (Å²) < 4.78 is 39.3. The molecule has 2 N–H and O–H groups in total. The van der Waals surface area contributed by atoms with E-state index >= 15 is 0 Å². The van der Waals surface area contributed by atoms with Crippen LogP contribution >= 0.6 is 11.6 Å². The highest BCUT2D eigenvalue weighted by molar-refractivity contribution is 7.89. The number of nitrogens with two attached hydrogens (primary N) is 1. The number of rotatable bonds is 4. The van der Waals surface area contributed by atoms with Crippen molar-refractivity contribution in [2.75, 3.05) is 7.05 Å². The van der Waals surface area contributed by atoms with Gasteiger partial charge in [0.1, 0.15) is 5.82 Å². The molecule has 0 aromatic heterocycles. The monoisotopic (exact) mass is 292 g/mol. The number of hydrogen-bond acceptors (Lipinski definition) is 3. The maximum atomic E-state index is 13.6. The molecular weight excluding hydrogens is 279 g/mol. The van der Waals surface area contributed by atoms with Gasteiger partial charge in [0, 0.05) is 19.6 Å². The maximum Gasteiger partial charge on any atom is 0.243 e. The summed E-state index contributed by atoms with van der Waals surface area (Å²) in [6.45, 7) is -0.00768. The minimum Gasteiger partial charge on any atom is -0.326 e. The van der Waals surface area contributed by atoms with Crippen molar-refractivity contribution in [1.29, 1.82) is 0 Å². The molecule has 0 saturated heterocycles. The summed E-state index contributed by atoms with van der Waals surface area (Å²) in [5, 5.41) is -0.120. The average Bonchev–Trinajstić information content (AvgIpc) is 3.15. The molecular formula is C11H14ClFN2O2S. The van der Waals surface area contributed by atoms with Gasteiger partial charge in [-0.2, -0.15) is 4.31 Å².